The van der Waals surface area contributed by atoms with Crippen LogP contribution in [0.2, 0.25) is 0 Å². The van der Waals surface area contributed by atoms with E-state index in [1.807, 2.05) is 13.0 Å². The smallest absolute Gasteiger partial charge is 0.133 e. The lowest BCUT2D eigenvalue weighted by Gasteiger charge is -2.00. The number of hydrogen-bond donors (Lipinski definition) is 1. The predicted octanol–water partition coefficient (Wildman–Crippen LogP) is 5.50. The maximum atomic E-state index is 10.4. The van der Waals surface area contributed by atoms with Crippen molar-refractivity contribution < 1.29 is 9.90 Å². The number of Topliss-reactive ketones (excluding diaryl/α,β-unsaturated/α-hetero) is 1. The summed E-state index contributed by atoms with van der Waals surface area (Å²) in [7, 11) is 0. The molecule has 0 aliphatic heterocycles. The third kappa shape index (κ3) is 39.2. The molecule has 112 valence electrons. The number of ketones is 1. The second kappa shape index (κ2) is 29.5. The molecule has 17 heavy (non-hydrogen) atoms. The van der Waals surface area contributed by atoms with Gasteiger partial charge in [-0.2, -0.15) is 0 Å². The molecule has 0 saturated heterocycles. The second-order valence-electron chi connectivity index (χ2n) is 2.68. The summed E-state index contributed by atoms with van der Waals surface area (Å²) in [6.45, 7) is 3.49. The molecule has 1 unspecified atom stereocenters. The van der Waals surface area contributed by atoms with Crippen LogP contribution in [-0.4, -0.2) is 17.0 Å². The molecular weight excluding hydrogens is 212 g/mol. The molecule has 2 nitrogen and oxygen atoms in total. The molecule has 0 aliphatic carbocycles. The Balaban J connectivity index is -0.0000000333. The summed E-state index contributed by atoms with van der Waals surface area (Å²) in [4.78, 5) is 10.4. The van der Waals surface area contributed by atoms with E-state index >= 15 is 0 Å². The fourth-order valence-corrected chi connectivity index (χ4v) is 0.669. The minimum atomic E-state index is -0.252. The van der Waals surface area contributed by atoms with Crippen molar-refractivity contribution in [3.63, 3.8) is 0 Å². The highest BCUT2D eigenvalue weighted by atomic mass is 16.3. The lowest BCUT2D eigenvalue weighted by Crippen LogP contribution is -2.01. The van der Waals surface area contributed by atoms with E-state index in [0.29, 0.717) is 12.8 Å². The molecule has 2 heteroatoms. The molecule has 1 atom stereocenters. The van der Waals surface area contributed by atoms with E-state index in [9.17, 15) is 4.79 Å². The molecule has 0 radical (unpaired) electrons. The first kappa shape index (κ1) is 44.0. The maximum Gasteiger partial charge on any atom is 0.133 e. The van der Waals surface area contributed by atoms with Crippen molar-refractivity contribution in [2.24, 2.45) is 0 Å². The van der Waals surface area contributed by atoms with Crippen molar-refractivity contribution in [3.8, 4) is 0 Å². The normalized spacial score (nSPS) is 8.88. The van der Waals surface area contributed by atoms with Crippen LogP contribution in [0.5, 0.6) is 0 Å². The van der Waals surface area contributed by atoms with Crippen LogP contribution in [0, 0.1) is 0 Å². The summed E-state index contributed by atoms with van der Waals surface area (Å²) >= 11 is 0. The average molecular weight is 252 g/mol. The molecule has 0 fully saturated rings. The first-order valence-electron chi connectivity index (χ1n) is 3.99. The summed E-state index contributed by atoms with van der Waals surface area (Å²) in [6.07, 6.45) is 5.32. The monoisotopic (exact) mass is 252 g/mol. The highest BCUT2D eigenvalue weighted by Gasteiger charge is 1.95. The van der Waals surface area contributed by atoms with Crippen molar-refractivity contribution in [3.05, 3.63) is 12.2 Å². The van der Waals surface area contributed by atoms with Gasteiger partial charge in [0.2, 0.25) is 0 Å². The summed E-state index contributed by atoms with van der Waals surface area (Å²) < 4.78 is 0. The minimum absolute atomic E-state index is 0. The summed E-state index contributed by atoms with van der Waals surface area (Å²) in [6, 6.07) is 0. The van der Waals surface area contributed by atoms with Gasteiger partial charge in [0.25, 0.3) is 0 Å². The van der Waals surface area contributed by atoms with Gasteiger partial charge in [-0.15, -0.1) is 0 Å². The van der Waals surface area contributed by atoms with Crippen LogP contribution in [0.15, 0.2) is 12.2 Å². The van der Waals surface area contributed by atoms with Gasteiger partial charge in [-0.25, -0.2) is 0 Å². The summed E-state index contributed by atoms with van der Waals surface area (Å²) in [5, 5.41) is 9.09. The molecule has 0 spiro atoms. The van der Waals surface area contributed by atoms with E-state index in [2.05, 4.69) is 0 Å². The van der Waals surface area contributed by atoms with Gasteiger partial charge in [0, 0.05) is 6.42 Å². The van der Waals surface area contributed by atoms with Crippen molar-refractivity contribution in [2.75, 3.05) is 0 Å². The number of rotatable bonds is 5. The van der Waals surface area contributed by atoms with Gasteiger partial charge in [-0.1, -0.05) is 63.6 Å². The molecule has 0 saturated carbocycles. The molecule has 0 amide bonds. The fraction of sp³-hybridized carbons (Fsp3) is 0.800. The van der Waals surface area contributed by atoms with Crippen LogP contribution >= 0.6 is 0 Å². The zero-order valence-corrected chi connectivity index (χ0v) is 7.21. The molecule has 0 bridgehead atoms. The molecule has 0 aromatic heterocycles. The van der Waals surface area contributed by atoms with E-state index in [1.165, 1.54) is 0 Å². The first-order valence-corrected chi connectivity index (χ1v) is 3.99. The lowest BCUT2D eigenvalue weighted by molar-refractivity contribution is -0.116. The third-order valence-corrected chi connectivity index (χ3v) is 1.45. The van der Waals surface area contributed by atoms with Crippen molar-refractivity contribution in [1.29, 1.82) is 0 Å². The topological polar surface area (TPSA) is 37.3 Å². The van der Waals surface area contributed by atoms with E-state index in [4.69, 9.17) is 5.11 Å². The van der Waals surface area contributed by atoms with Gasteiger partial charge >= 0.3 is 0 Å². The van der Waals surface area contributed by atoms with E-state index in [0.717, 1.165) is 6.42 Å². The van der Waals surface area contributed by atoms with Gasteiger partial charge in [-0.05, 0) is 19.8 Å². The van der Waals surface area contributed by atoms with E-state index < -0.39 is 0 Å². The molecule has 1 N–H and O–H groups in total. The maximum absolute atomic E-state index is 10.4. The lowest BCUT2D eigenvalue weighted by atomic mass is 10.2. The van der Waals surface area contributed by atoms with E-state index in [-0.39, 0.29) is 56.4 Å². The Morgan fingerprint density at radius 3 is 1.76 bits per heavy atom. The highest BCUT2D eigenvalue weighted by molar-refractivity contribution is 5.76. The number of carbonyl (C=O) groups excluding carboxylic acids is 1. The molecule has 0 aromatic carbocycles. The largest absolute Gasteiger partial charge is 0.393 e. The quantitative estimate of drug-likeness (QED) is 0.656. The van der Waals surface area contributed by atoms with Crippen LogP contribution in [0.1, 0.15) is 77.7 Å². The Kier molecular flexibility index (Phi) is 76.5. The van der Waals surface area contributed by atoms with Gasteiger partial charge < -0.3 is 5.11 Å². The van der Waals surface area contributed by atoms with E-state index in [1.54, 1.807) is 13.0 Å². The number of aliphatic hydroxyl groups excluding tert-OH is 1. The number of carbonyl (C=O) groups is 1. The number of allylic oxidation sites excluding steroid dienone is 1. The molecular formula is C15H40O2. The number of hydrogen-bond acceptors (Lipinski definition) is 2. The number of aliphatic hydroxyl groups is 1. The van der Waals surface area contributed by atoms with Gasteiger partial charge in [0.15, 0.2) is 0 Å². The molecule has 0 aromatic rings. The third-order valence-electron chi connectivity index (χ3n) is 1.45. The van der Waals surface area contributed by atoms with Crippen LogP contribution < -0.4 is 0 Å². The van der Waals surface area contributed by atoms with Crippen molar-refractivity contribution >= 4 is 5.78 Å². The molecule has 0 rings (SSSR count). The van der Waals surface area contributed by atoms with Crippen LogP contribution in [-0.2, 0) is 4.79 Å². The van der Waals surface area contributed by atoms with Crippen LogP contribution in [0.25, 0.3) is 0 Å². The summed E-state index contributed by atoms with van der Waals surface area (Å²) in [5.74, 6) is 0.159. The van der Waals surface area contributed by atoms with Gasteiger partial charge in [-0.3, -0.25) is 4.79 Å². The minimum Gasteiger partial charge on any atom is -0.393 e. The fourth-order valence-electron chi connectivity index (χ4n) is 0.669. The Morgan fingerprint density at radius 1 is 1.06 bits per heavy atom. The zero-order chi connectivity index (χ0) is 8.69. The Bertz CT molecular complexity index is 140. The Morgan fingerprint density at radius 2 is 1.47 bits per heavy atom. The first-order chi connectivity index (χ1) is 5.16. The standard InChI is InChI=1S/C9H16O2.6CH4/c1-3-9(11)7-5-4-6-8(2)10;;;;;;/h4-5,9,11H,3,6-7H2,1-2H3;6*1H4. The van der Waals surface area contributed by atoms with Crippen LogP contribution in [0.4, 0.5) is 0 Å². The molecule has 0 heterocycles. The molecule has 0 aliphatic rings. The van der Waals surface area contributed by atoms with Crippen molar-refractivity contribution in [1.82, 2.24) is 0 Å². The van der Waals surface area contributed by atoms with Gasteiger partial charge in [0.1, 0.15) is 5.78 Å². The van der Waals surface area contributed by atoms with Crippen LogP contribution in [0.3, 0.4) is 0 Å². The van der Waals surface area contributed by atoms with Gasteiger partial charge in [0.05, 0.1) is 6.10 Å². The SMILES string of the molecule is C.C.C.C.C.C.CCC(O)CC=CCC(C)=O. The summed E-state index contributed by atoms with van der Waals surface area (Å²) in [5.41, 5.74) is 0. The highest BCUT2D eigenvalue weighted by Crippen LogP contribution is 1.98. The Labute approximate surface area is 112 Å². The second-order valence-corrected chi connectivity index (χ2v) is 2.68. The Hall–Kier alpha value is -0.630. The zero-order valence-electron chi connectivity index (χ0n) is 7.21. The predicted molar refractivity (Wildman–Crippen MR) is 85.7 cm³/mol. The van der Waals surface area contributed by atoms with Crippen molar-refractivity contribution in [2.45, 2.75) is 83.8 Å². The average Bonchev–Trinajstić information content (AvgIpc) is 1.97.